The first-order chi connectivity index (χ1) is 15.0. The molecule has 0 radical (unpaired) electrons. The fourth-order valence-corrected chi connectivity index (χ4v) is 8.68. The maximum absolute atomic E-state index is 13.6. The van der Waals surface area contributed by atoms with E-state index in [1.807, 2.05) is 6.92 Å². The molecule has 2 N–H and O–H groups in total. The number of carbonyl (C=O) groups excluding carboxylic acids is 2. The molecule has 0 amide bonds. The highest BCUT2D eigenvalue weighted by atomic mass is 16.5. The molecular formula is C26H41NO5. The minimum Gasteiger partial charge on any atom is -0.458 e. The van der Waals surface area contributed by atoms with Crippen molar-refractivity contribution < 1.29 is 24.2 Å². The summed E-state index contributed by atoms with van der Waals surface area (Å²) in [6.07, 6.45) is 6.88. The van der Waals surface area contributed by atoms with E-state index in [0.29, 0.717) is 12.3 Å². The van der Waals surface area contributed by atoms with Gasteiger partial charge in [-0.3, -0.25) is 14.9 Å². The van der Waals surface area contributed by atoms with Crippen LogP contribution in [0.2, 0.25) is 0 Å². The van der Waals surface area contributed by atoms with Crippen LogP contribution < -0.4 is 5.32 Å². The molecule has 0 aromatic heterocycles. The minimum atomic E-state index is -0.930. The molecule has 0 aromatic carbocycles. The Bertz CT molecular complexity index is 810. The van der Waals surface area contributed by atoms with E-state index in [4.69, 9.17) is 9.47 Å². The molecule has 0 bridgehead atoms. The molecule has 1 aliphatic heterocycles. The smallest absolute Gasteiger partial charge is 0.303 e. The van der Waals surface area contributed by atoms with Gasteiger partial charge < -0.3 is 14.6 Å². The van der Waals surface area contributed by atoms with E-state index in [1.165, 1.54) is 12.5 Å². The van der Waals surface area contributed by atoms with Gasteiger partial charge in [-0.15, -0.1) is 0 Å². The topological polar surface area (TPSA) is 84.9 Å². The van der Waals surface area contributed by atoms with Crippen molar-refractivity contribution in [3.05, 3.63) is 11.6 Å². The second-order valence-corrected chi connectivity index (χ2v) is 11.2. The Balaban J connectivity index is 1.74. The Morgan fingerprint density at radius 1 is 1.34 bits per heavy atom. The maximum atomic E-state index is 13.6. The number of esters is 1. The molecule has 9 atom stereocenters. The van der Waals surface area contributed by atoms with Crippen molar-refractivity contribution in [1.29, 1.82) is 0 Å². The predicted octanol–water partition coefficient (Wildman–Crippen LogP) is 3.76. The lowest BCUT2D eigenvalue weighted by Crippen LogP contribution is -2.68. The zero-order valence-electron chi connectivity index (χ0n) is 20.6. The highest BCUT2D eigenvalue weighted by Gasteiger charge is 2.74. The van der Waals surface area contributed by atoms with Crippen LogP contribution in [0.3, 0.4) is 0 Å². The third-order valence-electron chi connectivity index (χ3n) is 9.68. The summed E-state index contributed by atoms with van der Waals surface area (Å²) < 4.78 is 11.4. The van der Waals surface area contributed by atoms with Crippen molar-refractivity contribution in [3.8, 4) is 0 Å². The molecule has 0 spiro atoms. The van der Waals surface area contributed by atoms with Crippen molar-refractivity contribution >= 4 is 11.8 Å². The minimum absolute atomic E-state index is 0.0125. The highest BCUT2D eigenvalue weighted by molar-refractivity contribution is 5.93. The molecule has 1 saturated heterocycles. The van der Waals surface area contributed by atoms with Gasteiger partial charge in [0.05, 0.1) is 12.2 Å². The molecule has 3 saturated carbocycles. The lowest BCUT2D eigenvalue weighted by Gasteiger charge is -2.60. The monoisotopic (exact) mass is 447 g/mol. The van der Waals surface area contributed by atoms with Gasteiger partial charge in [0.1, 0.15) is 11.8 Å². The molecular weight excluding hydrogens is 406 g/mol. The number of allylic oxidation sites excluding steroid dienone is 2. The summed E-state index contributed by atoms with van der Waals surface area (Å²) in [5.74, 6) is 0.227. The van der Waals surface area contributed by atoms with E-state index >= 15 is 0 Å². The van der Waals surface area contributed by atoms with Crippen LogP contribution in [0.4, 0.5) is 0 Å². The normalized spacial score (nSPS) is 48.8. The van der Waals surface area contributed by atoms with Crippen molar-refractivity contribution in [2.75, 3.05) is 6.61 Å². The van der Waals surface area contributed by atoms with Crippen LogP contribution >= 0.6 is 0 Å². The van der Waals surface area contributed by atoms with Gasteiger partial charge in [-0.1, -0.05) is 38.8 Å². The molecule has 1 heterocycles. The van der Waals surface area contributed by atoms with E-state index < -0.39 is 23.0 Å². The van der Waals surface area contributed by atoms with Gasteiger partial charge in [0.2, 0.25) is 0 Å². The van der Waals surface area contributed by atoms with Gasteiger partial charge in [-0.05, 0) is 69.1 Å². The second-order valence-electron chi connectivity index (χ2n) is 11.2. The summed E-state index contributed by atoms with van der Waals surface area (Å²) in [6, 6.07) is 0. The van der Waals surface area contributed by atoms with Crippen molar-refractivity contribution in [2.24, 2.45) is 28.6 Å². The van der Waals surface area contributed by atoms with Gasteiger partial charge in [0, 0.05) is 12.3 Å². The number of fused-ring (bicyclic) bond motifs is 5. The molecule has 3 unspecified atom stereocenters. The van der Waals surface area contributed by atoms with Crippen LogP contribution in [0.25, 0.3) is 0 Å². The number of aliphatic hydroxyl groups excluding tert-OH is 1. The molecule has 0 aromatic rings. The Hall–Kier alpha value is -1.24. The summed E-state index contributed by atoms with van der Waals surface area (Å²) in [4.78, 5) is 25.1. The lowest BCUT2D eigenvalue weighted by molar-refractivity contribution is -0.158. The number of hydrogen-bond acceptors (Lipinski definition) is 6. The molecule has 4 fully saturated rings. The van der Waals surface area contributed by atoms with Crippen LogP contribution in [0.1, 0.15) is 80.1 Å². The number of Topliss-reactive ketones (excluding diaryl/α,β-unsaturated/α-hetero) is 1. The number of ketones is 1. The molecule has 6 nitrogen and oxygen atoms in total. The quantitative estimate of drug-likeness (QED) is 0.493. The molecule has 3 aliphatic carbocycles. The molecule has 32 heavy (non-hydrogen) atoms. The van der Waals surface area contributed by atoms with Gasteiger partial charge in [-0.25, -0.2) is 0 Å². The fraction of sp³-hybridized carbons (Fsp3) is 0.846. The molecule has 6 heteroatoms. The number of rotatable bonds is 5. The highest BCUT2D eigenvalue weighted by Crippen LogP contribution is 2.68. The first-order valence-electron chi connectivity index (χ1n) is 12.5. The number of nitrogens with one attached hydrogen (secondary N) is 1. The second kappa shape index (κ2) is 8.21. The largest absolute Gasteiger partial charge is 0.458 e. The summed E-state index contributed by atoms with van der Waals surface area (Å²) in [6.45, 7) is 11.9. The average molecular weight is 448 g/mol. The lowest BCUT2D eigenvalue weighted by atomic mass is 9.45. The standard InChI is InChI=1S/C26H41NO5/c1-7-11-24(5)17(8-2)9-10-18-19-12-22-26(27-15(3)32-22,21(30)14-31-16(4)28)25(19,6)13-20(29)23(18)24/h8,15,18-20,22-23,27,29H,7,9-14H2,1-6H3/b17-8-/t15?,18-,19?,20-,22+,23?,24-,25-,26+/m0/s1. The number of hydrogen-bond donors (Lipinski definition) is 2. The van der Waals surface area contributed by atoms with Crippen molar-refractivity contribution in [1.82, 2.24) is 5.32 Å². The number of aliphatic hydroxyl groups is 1. The first kappa shape index (κ1) is 23.9. The zero-order chi connectivity index (χ0) is 23.5. The zero-order valence-corrected chi connectivity index (χ0v) is 20.6. The SMILES string of the molecule is C/C=C1/CC[C@@H]2C([C@@H](O)C[C@@]3(C)C2C[C@H]2OC(C)N[C@]23C(=O)COC(C)=O)[C@@]1(C)CCC. The van der Waals surface area contributed by atoms with Gasteiger partial charge in [0.25, 0.3) is 0 Å². The first-order valence-corrected chi connectivity index (χ1v) is 12.5. The Morgan fingerprint density at radius 2 is 2.06 bits per heavy atom. The third kappa shape index (κ3) is 3.16. The van der Waals surface area contributed by atoms with Gasteiger partial charge in [-0.2, -0.15) is 0 Å². The third-order valence-corrected chi connectivity index (χ3v) is 9.68. The number of ether oxygens (including phenoxy) is 2. The van der Waals surface area contributed by atoms with Crippen LogP contribution in [0, 0.1) is 28.6 Å². The fourth-order valence-electron chi connectivity index (χ4n) is 8.68. The maximum Gasteiger partial charge on any atom is 0.303 e. The van der Waals surface area contributed by atoms with E-state index in [9.17, 15) is 14.7 Å². The van der Waals surface area contributed by atoms with Crippen molar-refractivity contribution in [3.63, 3.8) is 0 Å². The van der Waals surface area contributed by atoms with E-state index in [0.717, 1.165) is 32.1 Å². The molecule has 4 rings (SSSR count). The predicted molar refractivity (Wildman–Crippen MR) is 122 cm³/mol. The summed E-state index contributed by atoms with van der Waals surface area (Å²) in [7, 11) is 0. The van der Waals surface area contributed by atoms with E-state index in [1.54, 1.807) is 0 Å². The van der Waals surface area contributed by atoms with Crippen LogP contribution in [0.15, 0.2) is 11.6 Å². The van der Waals surface area contributed by atoms with Gasteiger partial charge >= 0.3 is 5.97 Å². The Kier molecular flexibility index (Phi) is 6.13. The van der Waals surface area contributed by atoms with E-state index in [2.05, 4.69) is 39.1 Å². The molecule has 180 valence electrons. The van der Waals surface area contributed by atoms with Gasteiger partial charge in [0.15, 0.2) is 12.4 Å². The van der Waals surface area contributed by atoms with Crippen molar-refractivity contribution in [2.45, 2.75) is 104 Å². The molecule has 4 aliphatic rings. The van der Waals surface area contributed by atoms with Crippen LogP contribution in [-0.2, 0) is 19.1 Å². The van der Waals surface area contributed by atoms with Crippen LogP contribution in [0.5, 0.6) is 0 Å². The Labute approximate surface area is 192 Å². The van der Waals surface area contributed by atoms with E-state index in [-0.39, 0.29) is 42.0 Å². The number of carbonyl (C=O) groups is 2. The average Bonchev–Trinajstić information content (AvgIpc) is 3.17. The summed E-state index contributed by atoms with van der Waals surface area (Å²) in [5.41, 5.74) is 0.0768. The Morgan fingerprint density at radius 3 is 2.69 bits per heavy atom. The van der Waals surface area contributed by atoms with Crippen LogP contribution in [-0.4, -0.2) is 47.4 Å². The summed E-state index contributed by atoms with van der Waals surface area (Å²) in [5, 5.41) is 15.2. The summed E-state index contributed by atoms with van der Waals surface area (Å²) >= 11 is 0.